The number of carbonyl (C=O) groups is 2. The summed E-state index contributed by atoms with van der Waals surface area (Å²) in [6.45, 7) is 5.05. The molecule has 0 aliphatic rings. The van der Waals surface area contributed by atoms with E-state index in [1.54, 1.807) is 39.2 Å². The molecular formula is C19H21NO5. The Morgan fingerprint density at radius 3 is 2.28 bits per heavy atom. The summed E-state index contributed by atoms with van der Waals surface area (Å²) < 4.78 is 10.6. The van der Waals surface area contributed by atoms with Crippen LogP contribution >= 0.6 is 0 Å². The fraction of sp³-hybridized carbons (Fsp3) is 0.263. The van der Waals surface area contributed by atoms with Gasteiger partial charge in [0, 0.05) is 5.56 Å². The largest absolute Gasteiger partial charge is 0.495 e. The second-order valence-corrected chi connectivity index (χ2v) is 5.78. The Kier molecular flexibility index (Phi) is 5.64. The summed E-state index contributed by atoms with van der Waals surface area (Å²) in [5.41, 5.74) is 3.45. The Morgan fingerprint density at radius 2 is 1.72 bits per heavy atom. The smallest absolute Gasteiger partial charge is 0.341 e. The van der Waals surface area contributed by atoms with E-state index >= 15 is 0 Å². The molecule has 0 saturated heterocycles. The number of hydrogen-bond acceptors (Lipinski definition) is 4. The van der Waals surface area contributed by atoms with Crippen LogP contribution < -0.4 is 14.8 Å². The van der Waals surface area contributed by atoms with Crippen molar-refractivity contribution in [2.75, 3.05) is 19.0 Å². The number of nitrogens with one attached hydrogen (secondary N) is 1. The van der Waals surface area contributed by atoms with Crippen LogP contribution in [0.1, 0.15) is 27.0 Å². The van der Waals surface area contributed by atoms with Gasteiger partial charge in [-0.15, -0.1) is 0 Å². The van der Waals surface area contributed by atoms with Crippen molar-refractivity contribution < 1.29 is 24.2 Å². The van der Waals surface area contributed by atoms with Crippen LogP contribution in [0, 0.1) is 20.8 Å². The Morgan fingerprint density at radius 1 is 1.08 bits per heavy atom. The van der Waals surface area contributed by atoms with E-state index in [2.05, 4.69) is 5.32 Å². The summed E-state index contributed by atoms with van der Waals surface area (Å²) in [6.07, 6.45) is 0. The van der Waals surface area contributed by atoms with E-state index in [0.29, 0.717) is 33.9 Å². The molecule has 0 saturated carbocycles. The summed E-state index contributed by atoms with van der Waals surface area (Å²) in [4.78, 5) is 23.2. The maximum absolute atomic E-state index is 12.6. The molecule has 6 nitrogen and oxygen atoms in total. The van der Waals surface area contributed by atoms with E-state index in [4.69, 9.17) is 14.6 Å². The monoisotopic (exact) mass is 343 g/mol. The predicted molar refractivity (Wildman–Crippen MR) is 94.7 cm³/mol. The van der Waals surface area contributed by atoms with E-state index in [9.17, 15) is 9.59 Å². The standard InChI is InChI=1S/C19H21NO5/c1-11-5-6-16(24-4)15(7-11)20-19(23)14-8-12(2)18(13(3)9-14)25-10-17(21)22/h5-9H,10H2,1-4H3,(H,20,23)(H,21,22). The number of amides is 1. The number of carboxylic acid groups (broad SMARTS) is 1. The van der Waals surface area contributed by atoms with Crippen LogP contribution in [0.4, 0.5) is 5.69 Å². The van der Waals surface area contributed by atoms with Gasteiger partial charge in [0.2, 0.25) is 0 Å². The van der Waals surface area contributed by atoms with Crippen molar-refractivity contribution in [3.63, 3.8) is 0 Å². The van der Waals surface area contributed by atoms with Gasteiger partial charge in [-0.05, 0) is 61.7 Å². The fourth-order valence-corrected chi connectivity index (χ4v) is 2.56. The first-order valence-electron chi connectivity index (χ1n) is 7.73. The van der Waals surface area contributed by atoms with Crippen molar-refractivity contribution in [1.29, 1.82) is 0 Å². The van der Waals surface area contributed by atoms with E-state index in [0.717, 1.165) is 5.56 Å². The molecule has 0 aromatic heterocycles. The Balaban J connectivity index is 2.25. The molecule has 0 heterocycles. The van der Waals surface area contributed by atoms with Crippen molar-refractivity contribution in [2.24, 2.45) is 0 Å². The minimum absolute atomic E-state index is 0.278. The molecule has 6 heteroatoms. The van der Waals surface area contributed by atoms with Gasteiger partial charge in [-0.1, -0.05) is 6.07 Å². The SMILES string of the molecule is COc1ccc(C)cc1NC(=O)c1cc(C)c(OCC(=O)O)c(C)c1. The minimum atomic E-state index is -1.05. The third-order valence-electron chi connectivity index (χ3n) is 3.67. The first kappa shape index (κ1) is 18.3. The molecule has 2 aromatic rings. The lowest BCUT2D eigenvalue weighted by atomic mass is 10.0. The summed E-state index contributed by atoms with van der Waals surface area (Å²) in [7, 11) is 1.54. The van der Waals surface area contributed by atoms with Crippen molar-refractivity contribution in [1.82, 2.24) is 0 Å². The van der Waals surface area contributed by atoms with Gasteiger partial charge in [0.15, 0.2) is 6.61 Å². The Bertz CT molecular complexity index is 790. The van der Waals surface area contributed by atoms with Crippen LogP contribution in [-0.4, -0.2) is 30.7 Å². The molecule has 0 bridgehead atoms. The molecule has 0 aliphatic heterocycles. The van der Waals surface area contributed by atoms with Gasteiger partial charge in [0.05, 0.1) is 12.8 Å². The predicted octanol–water partition coefficient (Wildman–Crippen LogP) is 3.34. The molecule has 2 rings (SSSR count). The second-order valence-electron chi connectivity index (χ2n) is 5.78. The van der Waals surface area contributed by atoms with Crippen molar-refractivity contribution >= 4 is 17.6 Å². The van der Waals surface area contributed by atoms with Crippen molar-refractivity contribution in [3.8, 4) is 11.5 Å². The molecule has 0 spiro atoms. The quantitative estimate of drug-likeness (QED) is 0.840. The number of methoxy groups -OCH3 is 1. The maximum atomic E-state index is 12.6. The van der Waals surface area contributed by atoms with Crippen molar-refractivity contribution in [3.05, 3.63) is 52.6 Å². The number of carboxylic acids is 1. The molecule has 0 radical (unpaired) electrons. The maximum Gasteiger partial charge on any atom is 0.341 e. The second kappa shape index (κ2) is 7.70. The van der Waals surface area contributed by atoms with Crippen molar-refractivity contribution in [2.45, 2.75) is 20.8 Å². The zero-order valence-electron chi connectivity index (χ0n) is 14.7. The highest BCUT2D eigenvalue weighted by Crippen LogP contribution is 2.28. The number of hydrogen-bond donors (Lipinski definition) is 2. The average Bonchev–Trinajstić information content (AvgIpc) is 2.53. The summed E-state index contributed by atoms with van der Waals surface area (Å²) in [5.74, 6) is -0.270. The van der Waals surface area contributed by atoms with Crippen LogP contribution in [0.15, 0.2) is 30.3 Å². The fourth-order valence-electron chi connectivity index (χ4n) is 2.56. The van der Waals surface area contributed by atoms with Gasteiger partial charge >= 0.3 is 5.97 Å². The number of carbonyl (C=O) groups excluding carboxylic acids is 1. The zero-order chi connectivity index (χ0) is 18.6. The molecule has 0 aliphatic carbocycles. The van der Waals surface area contributed by atoms with Gasteiger partial charge in [-0.3, -0.25) is 4.79 Å². The van der Waals surface area contributed by atoms with Gasteiger partial charge in [0.25, 0.3) is 5.91 Å². The topological polar surface area (TPSA) is 84.9 Å². The normalized spacial score (nSPS) is 10.2. The average molecular weight is 343 g/mol. The number of rotatable bonds is 6. The minimum Gasteiger partial charge on any atom is -0.495 e. The lowest BCUT2D eigenvalue weighted by Gasteiger charge is -2.14. The number of aliphatic carboxylic acids is 1. The summed E-state index contributed by atoms with van der Waals surface area (Å²) in [6, 6.07) is 8.87. The summed E-state index contributed by atoms with van der Waals surface area (Å²) in [5, 5.41) is 11.6. The van der Waals surface area contributed by atoms with Crippen LogP contribution in [0.3, 0.4) is 0 Å². The molecule has 0 unspecified atom stereocenters. The van der Waals surface area contributed by atoms with Gasteiger partial charge in [-0.2, -0.15) is 0 Å². The van der Waals surface area contributed by atoms with Gasteiger partial charge < -0.3 is 19.9 Å². The highest BCUT2D eigenvalue weighted by molar-refractivity contribution is 6.05. The van der Waals surface area contributed by atoms with Crippen LogP contribution in [0.5, 0.6) is 11.5 Å². The van der Waals surface area contributed by atoms with E-state index < -0.39 is 12.6 Å². The van der Waals surface area contributed by atoms with Crippen LogP contribution in [0.2, 0.25) is 0 Å². The van der Waals surface area contributed by atoms with Gasteiger partial charge in [-0.25, -0.2) is 4.79 Å². The summed E-state index contributed by atoms with van der Waals surface area (Å²) >= 11 is 0. The van der Waals surface area contributed by atoms with Gasteiger partial charge in [0.1, 0.15) is 11.5 Å². The molecule has 1 amide bonds. The number of aryl methyl sites for hydroxylation is 3. The third kappa shape index (κ3) is 4.50. The van der Waals surface area contributed by atoms with Crippen LogP contribution in [0.25, 0.3) is 0 Å². The Hall–Kier alpha value is -3.02. The zero-order valence-corrected chi connectivity index (χ0v) is 14.7. The highest BCUT2D eigenvalue weighted by atomic mass is 16.5. The number of ether oxygens (including phenoxy) is 2. The molecule has 2 aromatic carbocycles. The lowest BCUT2D eigenvalue weighted by Crippen LogP contribution is -2.15. The third-order valence-corrected chi connectivity index (χ3v) is 3.67. The highest BCUT2D eigenvalue weighted by Gasteiger charge is 2.14. The molecule has 2 N–H and O–H groups in total. The molecule has 132 valence electrons. The van der Waals surface area contributed by atoms with Crippen LogP contribution in [-0.2, 0) is 4.79 Å². The lowest BCUT2D eigenvalue weighted by molar-refractivity contribution is -0.139. The molecular weight excluding hydrogens is 322 g/mol. The first-order chi connectivity index (χ1) is 11.8. The molecule has 25 heavy (non-hydrogen) atoms. The van der Waals surface area contributed by atoms with E-state index in [1.165, 1.54) is 0 Å². The molecule has 0 fully saturated rings. The number of anilines is 1. The number of benzene rings is 2. The van der Waals surface area contributed by atoms with E-state index in [-0.39, 0.29) is 5.91 Å². The first-order valence-corrected chi connectivity index (χ1v) is 7.73. The Labute approximate surface area is 146 Å². The van der Waals surface area contributed by atoms with E-state index in [1.807, 2.05) is 19.1 Å². The molecule has 0 atom stereocenters.